The second-order valence-electron chi connectivity index (χ2n) is 4.00. The highest BCUT2D eigenvalue weighted by atomic mass is 16.5. The van der Waals surface area contributed by atoms with Gasteiger partial charge in [-0.1, -0.05) is 19.9 Å². The van der Waals surface area contributed by atoms with E-state index in [2.05, 4.69) is 4.74 Å². The Labute approximate surface area is 97.3 Å². The van der Waals surface area contributed by atoms with E-state index in [1.165, 1.54) is 13.2 Å². The molecule has 0 aliphatic heterocycles. The number of methoxy groups -OCH3 is 1. The van der Waals surface area contributed by atoms with Crippen molar-refractivity contribution in [1.82, 2.24) is 4.90 Å². The van der Waals surface area contributed by atoms with Gasteiger partial charge in [0, 0.05) is 13.1 Å². The van der Waals surface area contributed by atoms with Gasteiger partial charge in [0.2, 0.25) is 5.91 Å². The molecule has 0 radical (unpaired) electrons. The number of nitrogens with zero attached hydrogens (tertiary/aromatic N) is 1. The van der Waals surface area contributed by atoms with Crippen molar-refractivity contribution < 1.29 is 14.3 Å². The van der Waals surface area contributed by atoms with Crippen LogP contribution in [-0.4, -0.2) is 37.0 Å². The highest BCUT2D eigenvalue weighted by Gasteiger charge is 2.13. The SMILES string of the molecule is CC=CC(=O)N(CCC(=O)OC)CC(C)C. The normalized spacial score (nSPS) is 10.8. The van der Waals surface area contributed by atoms with Crippen molar-refractivity contribution in [2.75, 3.05) is 20.2 Å². The molecule has 0 aromatic rings. The monoisotopic (exact) mass is 227 g/mol. The Kier molecular flexibility index (Phi) is 7.25. The molecule has 0 bridgehead atoms. The minimum absolute atomic E-state index is 0.0555. The lowest BCUT2D eigenvalue weighted by Gasteiger charge is -2.22. The fraction of sp³-hybridized carbons (Fsp3) is 0.667. The van der Waals surface area contributed by atoms with E-state index >= 15 is 0 Å². The van der Waals surface area contributed by atoms with E-state index in [1.807, 2.05) is 13.8 Å². The standard InChI is InChI=1S/C12H21NO3/c1-5-6-11(14)13(9-10(2)3)8-7-12(15)16-4/h5-6,10H,7-9H2,1-4H3. The lowest BCUT2D eigenvalue weighted by molar-refractivity contribution is -0.141. The van der Waals surface area contributed by atoms with Gasteiger partial charge < -0.3 is 9.64 Å². The third kappa shape index (κ3) is 6.22. The van der Waals surface area contributed by atoms with Crippen LogP contribution in [0.2, 0.25) is 0 Å². The first-order valence-electron chi connectivity index (χ1n) is 5.49. The summed E-state index contributed by atoms with van der Waals surface area (Å²) in [5, 5.41) is 0. The van der Waals surface area contributed by atoms with E-state index in [0.29, 0.717) is 19.0 Å². The predicted molar refractivity (Wildman–Crippen MR) is 62.9 cm³/mol. The molecule has 1 amide bonds. The number of allylic oxidation sites excluding steroid dienone is 1. The zero-order valence-corrected chi connectivity index (χ0v) is 10.5. The molecule has 4 nitrogen and oxygen atoms in total. The predicted octanol–water partition coefficient (Wildman–Crippen LogP) is 1.61. The molecular weight excluding hydrogens is 206 g/mol. The lowest BCUT2D eigenvalue weighted by atomic mass is 10.2. The maximum absolute atomic E-state index is 11.7. The molecule has 4 heteroatoms. The first-order chi connectivity index (χ1) is 7.51. The Morgan fingerprint density at radius 3 is 2.44 bits per heavy atom. The van der Waals surface area contributed by atoms with Crippen LogP contribution in [0.5, 0.6) is 0 Å². The van der Waals surface area contributed by atoms with E-state index in [0.717, 1.165) is 0 Å². The molecule has 0 unspecified atom stereocenters. The second-order valence-corrected chi connectivity index (χ2v) is 4.00. The number of rotatable bonds is 6. The average molecular weight is 227 g/mol. The number of hydrogen-bond donors (Lipinski definition) is 0. The first-order valence-corrected chi connectivity index (χ1v) is 5.49. The van der Waals surface area contributed by atoms with Gasteiger partial charge in [0.1, 0.15) is 0 Å². The van der Waals surface area contributed by atoms with Crippen molar-refractivity contribution in [2.45, 2.75) is 27.2 Å². The smallest absolute Gasteiger partial charge is 0.307 e. The molecule has 0 spiro atoms. The quantitative estimate of drug-likeness (QED) is 0.511. The van der Waals surface area contributed by atoms with Gasteiger partial charge in [0.25, 0.3) is 0 Å². The summed E-state index contributed by atoms with van der Waals surface area (Å²) < 4.78 is 4.55. The Morgan fingerprint density at radius 1 is 1.38 bits per heavy atom. The molecule has 0 saturated carbocycles. The van der Waals surface area contributed by atoms with E-state index in [1.54, 1.807) is 17.9 Å². The summed E-state index contributed by atoms with van der Waals surface area (Å²) in [6, 6.07) is 0. The molecule has 0 atom stereocenters. The largest absolute Gasteiger partial charge is 0.469 e. The molecule has 0 aromatic heterocycles. The van der Waals surface area contributed by atoms with Crippen molar-refractivity contribution in [1.29, 1.82) is 0 Å². The van der Waals surface area contributed by atoms with Crippen LogP contribution in [-0.2, 0) is 14.3 Å². The van der Waals surface area contributed by atoms with Gasteiger partial charge in [-0.2, -0.15) is 0 Å². The molecule has 0 heterocycles. The maximum atomic E-state index is 11.7. The van der Waals surface area contributed by atoms with Crippen LogP contribution in [0.4, 0.5) is 0 Å². The zero-order valence-electron chi connectivity index (χ0n) is 10.5. The Balaban J connectivity index is 4.31. The Morgan fingerprint density at radius 2 is 2.00 bits per heavy atom. The number of ether oxygens (including phenoxy) is 1. The number of amides is 1. The number of esters is 1. The average Bonchev–Trinajstić information content (AvgIpc) is 2.23. The molecule has 0 saturated heterocycles. The zero-order chi connectivity index (χ0) is 12.6. The summed E-state index contributed by atoms with van der Waals surface area (Å²) >= 11 is 0. The Hall–Kier alpha value is -1.32. The van der Waals surface area contributed by atoms with E-state index in [4.69, 9.17) is 0 Å². The van der Waals surface area contributed by atoms with Crippen molar-refractivity contribution in [3.05, 3.63) is 12.2 Å². The fourth-order valence-electron chi connectivity index (χ4n) is 1.31. The molecule has 92 valence electrons. The lowest BCUT2D eigenvalue weighted by Crippen LogP contribution is -2.34. The van der Waals surface area contributed by atoms with Crippen LogP contribution in [0.1, 0.15) is 27.2 Å². The fourth-order valence-corrected chi connectivity index (χ4v) is 1.31. The van der Waals surface area contributed by atoms with Crippen LogP contribution in [0.15, 0.2) is 12.2 Å². The molecule has 0 N–H and O–H groups in total. The van der Waals surface area contributed by atoms with Crippen LogP contribution in [0.3, 0.4) is 0 Å². The molecule has 0 aliphatic carbocycles. The maximum Gasteiger partial charge on any atom is 0.307 e. The summed E-state index contributed by atoms with van der Waals surface area (Å²) in [4.78, 5) is 24.3. The molecule has 0 rings (SSSR count). The minimum Gasteiger partial charge on any atom is -0.469 e. The van der Waals surface area contributed by atoms with Gasteiger partial charge in [-0.05, 0) is 18.9 Å². The minimum atomic E-state index is -0.290. The van der Waals surface area contributed by atoms with Gasteiger partial charge in [-0.15, -0.1) is 0 Å². The van der Waals surface area contributed by atoms with Gasteiger partial charge in [0.15, 0.2) is 0 Å². The van der Waals surface area contributed by atoms with Gasteiger partial charge >= 0.3 is 5.97 Å². The molecule has 0 aliphatic rings. The molecule has 16 heavy (non-hydrogen) atoms. The highest BCUT2D eigenvalue weighted by molar-refractivity contribution is 5.87. The Bertz CT molecular complexity index is 259. The summed E-state index contributed by atoms with van der Waals surface area (Å²) in [6.45, 7) is 6.93. The topological polar surface area (TPSA) is 46.6 Å². The molecule has 0 fully saturated rings. The van der Waals surface area contributed by atoms with Crippen LogP contribution in [0.25, 0.3) is 0 Å². The van der Waals surface area contributed by atoms with Gasteiger partial charge in [0.05, 0.1) is 13.5 Å². The highest BCUT2D eigenvalue weighted by Crippen LogP contribution is 2.02. The van der Waals surface area contributed by atoms with Crippen LogP contribution in [0, 0.1) is 5.92 Å². The third-order valence-electron chi connectivity index (χ3n) is 2.02. The summed E-state index contributed by atoms with van der Waals surface area (Å²) in [6.07, 6.45) is 3.46. The van der Waals surface area contributed by atoms with Gasteiger partial charge in [-0.25, -0.2) is 0 Å². The summed E-state index contributed by atoms with van der Waals surface area (Å²) in [5.41, 5.74) is 0. The number of carbonyl (C=O) groups excluding carboxylic acids is 2. The number of hydrogen-bond acceptors (Lipinski definition) is 3. The summed E-state index contributed by atoms with van der Waals surface area (Å²) in [5.74, 6) is 0.0361. The van der Waals surface area contributed by atoms with Crippen LogP contribution >= 0.6 is 0 Å². The first kappa shape index (κ1) is 14.7. The summed E-state index contributed by atoms with van der Waals surface area (Å²) in [7, 11) is 1.35. The van der Waals surface area contributed by atoms with Crippen molar-refractivity contribution in [2.24, 2.45) is 5.92 Å². The van der Waals surface area contributed by atoms with Crippen molar-refractivity contribution >= 4 is 11.9 Å². The van der Waals surface area contributed by atoms with Crippen LogP contribution < -0.4 is 0 Å². The number of carbonyl (C=O) groups is 2. The molecule has 0 aromatic carbocycles. The third-order valence-corrected chi connectivity index (χ3v) is 2.02. The van der Waals surface area contributed by atoms with E-state index in [-0.39, 0.29) is 18.3 Å². The molecular formula is C12H21NO3. The van der Waals surface area contributed by atoms with Crippen molar-refractivity contribution in [3.8, 4) is 0 Å². The van der Waals surface area contributed by atoms with E-state index in [9.17, 15) is 9.59 Å². The van der Waals surface area contributed by atoms with Gasteiger partial charge in [-0.3, -0.25) is 9.59 Å². The van der Waals surface area contributed by atoms with Crippen molar-refractivity contribution in [3.63, 3.8) is 0 Å². The second kappa shape index (κ2) is 7.91. The van der Waals surface area contributed by atoms with E-state index < -0.39 is 0 Å².